The van der Waals surface area contributed by atoms with E-state index < -0.39 is 0 Å². The van der Waals surface area contributed by atoms with Gasteiger partial charge in [0.2, 0.25) is 0 Å². The van der Waals surface area contributed by atoms with Crippen molar-refractivity contribution >= 4 is 23.4 Å². The number of nitrogens with zero attached hydrogens (tertiary/aromatic N) is 3. The Balaban J connectivity index is 3.02. The smallest absolute Gasteiger partial charge is 0.191 e. The summed E-state index contributed by atoms with van der Waals surface area (Å²) in [6, 6.07) is 2.53. The lowest BCUT2D eigenvalue weighted by atomic mass is 10.1. The third-order valence-electron chi connectivity index (χ3n) is 2.98. The molecule has 4 nitrogen and oxygen atoms in total. The molecule has 5 heteroatoms. The average molecular weight is 254 g/mol. The number of hydrogen-bond donors (Lipinski definition) is 1. The molecule has 1 N–H and O–H groups in total. The van der Waals surface area contributed by atoms with E-state index in [2.05, 4.69) is 41.1 Å². The molecule has 96 valence electrons. The van der Waals surface area contributed by atoms with Gasteiger partial charge in [-0.05, 0) is 19.1 Å². The Hall–Kier alpha value is -0.970. The van der Waals surface area contributed by atoms with E-state index in [-0.39, 0.29) is 0 Å². The number of anilines is 2. The van der Waals surface area contributed by atoms with E-state index in [1.807, 2.05) is 19.4 Å². The van der Waals surface area contributed by atoms with Crippen LogP contribution < -0.4 is 10.2 Å². The molecule has 1 heterocycles. The molecular weight excluding hydrogens is 232 g/mol. The third kappa shape index (κ3) is 3.49. The van der Waals surface area contributed by atoms with Gasteiger partial charge >= 0.3 is 0 Å². The lowest BCUT2D eigenvalue weighted by molar-refractivity contribution is 0.584. The van der Waals surface area contributed by atoms with Crippen LogP contribution in [0.3, 0.4) is 0 Å². The van der Waals surface area contributed by atoms with E-state index in [1.54, 1.807) is 11.8 Å². The summed E-state index contributed by atoms with van der Waals surface area (Å²) in [5, 5.41) is 3.89. The molecule has 1 aromatic rings. The summed E-state index contributed by atoms with van der Waals surface area (Å²) in [4.78, 5) is 11.2. The lowest BCUT2D eigenvalue weighted by Crippen LogP contribution is -2.31. The van der Waals surface area contributed by atoms with Crippen molar-refractivity contribution in [2.75, 3.05) is 30.6 Å². The Labute approximate surface area is 108 Å². The van der Waals surface area contributed by atoms with Crippen LogP contribution in [-0.2, 0) is 0 Å². The normalized spacial score (nSPS) is 10.7. The first-order chi connectivity index (χ1) is 8.15. The van der Waals surface area contributed by atoms with Gasteiger partial charge in [0.25, 0.3) is 0 Å². The maximum Gasteiger partial charge on any atom is 0.191 e. The molecule has 0 aliphatic heterocycles. The van der Waals surface area contributed by atoms with Crippen molar-refractivity contribution in [3.63, 3.8) is 0 Å². The van der Waals surface area contributed by atoms with Gasteiger partial charge in [0.1, 0.15) is 11.6 Å². The highest BCUT2D eigenvalue weighted by Gasteiger charge is 2.14. The van der Waals surface area contributed by atoms with Gasteiger partial charge in [0.15, 0.2) is 5.16 Å². The summed E-state index contributed by atoms with van der Waals surface area (Å²) >= 11 is 1.57. The molecule has 0 aliphatic carbocycles. The van der Waals surface area contributed by atoms with E-state index >= 15 is 0 Å². The Bertz CT molecular complexity index is 330. The summed E-state index contributed by atoms with van der Waals surface area (Å²) in [7, 11) is 3.98. The summed E-state index contributed by atoms with van der Waals surface area (Å²) in [5.74, 6) is 1.86. The third-order valence-corrected chi connectivity index (χ3v) is 3.53. The first-order valence-corrected chi connectivity index (χ1v) is 7.22. The second-order valence-corrected chi connectivity index (χ2v) is 4.70. The van der Waals surface area contributed by atoms with E-state index in [0.717, 1.165) is 29.6 Å². The highest BCUT2D eigenvalue weighted by atomic mass is 32.2. The monoisotopic (exact) mass is 254 g/mol. The molecule has 0 bridgehead atoms. The summed E-state index contributed by atoms with van der Waals surface area (Å²) in [5.41, 5.74) is 0. The van der Waals surface area contributed by atoms with E-state index in [4.69, 9.17) is 0 Å². The van der Waals surface area contributed by atoms with E-state index in [1.165, 1.54) is 0 Å². The lowest BCUT2D eigenvalue weighted by Gasteiger charge is -2.27. The van der Waals surface area contributed by atoms with Crippen LogP contribution in [0.5, 0.6) is 0 Å². The van der Waals surface area contributed by atoms with Gasteiger partial charge in [0, 0.05) is 26.2 Å². The molecule has 0 fully saturated rings. The second kappa shape index (κ2) is 6.69. The Kier molecular flexibility index (Phi) is 5.55. The largest absolute Gasteiger partial charge is 0.373 e. The molecule has 0 aromatic carbocycles. The topological polar surface area (TPSA) is 41.0 Å². The number of thioether (sulfide) groups is 1. The van der Waals surface area contributed by atoms with Crippen LogP contribution >= 0.6 is 11.8 Å². The molecule has 0 spiro atoms. The zero-order chi connectivity index (χ0) is 12.8. The minimum absolute atomic E-state index is 0.532. The average Bonchev–Trinajstić information content (AvgIpc) is 2.39. The summed E-state index contributed by atoms with van der Waals surface area (Å²) < 4.78 is 0. The first-order valence-electron chi connectivity index (χ1n) is 5.99. The van der Waals surface area contributed by atoms with Crippen LogP contribution in [-0.4, -0.2) is 36.4 Å². The molecule has 17 heavy (non-hydrogen) atoms. The van der Waals surface area contributed by atoms with Crippen LogP contribution in [0.4, 0.5) is 11.6 Å². The van der Waals surface area contributed by atoms with Crippen LogP contribution in [0, 0.1) is 0 Å². The summed E-state index contributed by atoms with van der Waals surface area (Å²) in [6.45, 7) is 4.42. The van der Waals surface area contributed by atoms with Crippen LogP contribution in [0.25, 0.3) is 0 Å². The van der Waals surface area contributed by atoms with Gasteiger partial charge < -0.3 is 10.2 Å². The van der Waals surface area contributed by atoms with Crippen molar-refractivity contribution in [1.29, 1.82) is 0 Å². The number of rotatable bonds is 6. The zero-order valence-electron chi connectivity index (χ0n) is 11.3. The van der Waals surface area contributed by atoms with E-state index in [0.29, 0.717) is 6.04 Å². The molecule has 0 unspecified atom stereocenters. The molecule has 0 radical (unpaired) electrons. The minimum Gasteiger partial charge on any atom is -0.373 e. The number of aromatic nitrogens is 2. The van der Waals surface area contributed by atoms with Crippen molar-refractivity contribution in [2.45, 2.75) is 37.9 Å². The molecule has 0 amide bonds. The van der Waals surface area contributed by atoms with Gasteiger partial charge in [-0.15, -0.1) is 0 Å². The van der Waals surface area contributed by atoms with Gasteiger partial charge in [-0.1, -0.05) is 25.6 Å². The molecular formula is C12H22N4S. The van der Waals surface area contributed by atoms with Crippen molar-refractivity contribution in [3.05, 3.63) is 6.07 Å². The quantitative estimate of drug-likeness (QED) is 0.624. The zero-order valence-corrected chi connectivity index (χ0v) is 12.1. The fourth-order valence-electron chi connectivity index (χ4n) is 1.84. The Morgan fingerprint density at radius 2 is 2.00 bits per heavy atom. The fourth-order valence-corrected chi connectivity index (χ4v) is 2.21. The van der Waals surface area contributed by atoms with Crippen molar-refractivity contribution < 1.29 is 0 Å². The Morgan fingerprint density at radius 1 is 1.35 bits per heavy atom. The number of hydrogen-bond acceptors (Lipinski definition) is 5. The summed E-state index contributed by atoms with van der Waals surface area (Å²) in [6.07, 6.45) is 4.25. The molecule has 1 aromatic heterocycles. The van der Waals surface area contributed by atoms with Crippen LogP contribution in [0.1, 0.15) is 26.7 Å². The van der Waals surface area contributed by atoms with Gasteiger partial charge in [0.05, 0.1) is 0 Å². The predicted octanol–water partition coefficient (Wildman–Crippen LogP) is 2.87. The molecule has 0 aliphatic rings. The van der Waals surface area contributed by atoms with Gasteiger partial charge in [-0.2, -0.15) is 0 Å². The van der Waals surface area contributed by atoms with Crippen molar-refractivity contribution in [1.82, 2.24) is 9.97 Å². The highest BCUT2D eigenvalue weighted by molar-refractivity contribution is 7.98. The van der Waals surface area contributed by atoms with Gasteiger partial charge in [-0.3, -0.25) is 0 Å². The SMILES string of the molecule is CCC(CC)N(C)c1cc(NC)nc(SC)n1. The molecule has 1 rings (SSSR count). The van der Waals surface area contributed by atoms with Gasteiger partial charge in [-0.25, -0.2) is 9.97 Å². The van der Waals surface area contributed by atoms with E-state index in [9.17, 15) is 0 Å². The maximum atomic E-state index is 4.55. The maximum absolute atomic E-state index is 4.55. The van der Waals surface area contributed by atoms with Crippen molar-refractivity contribution in [2.24, 2.45) is 0 Å². The minimum atomic E-state index is 0.532. The van der Waals surface area contributed by atoms with Crippen LogP contribution in [0.15, 0.2) is 11.2 Å². The molecule has 0 saturated heterocycles. The Morgan fingerprint density at radius 3 is 2.47 bits per heavy atom. The second-order valence-electron chi connectivity index (χ2n) is 3.93. The first kappa shape index (κ1) is 14.1. The van der Waals surface area contributed by atoms with Crippen LogP contribution in [0.2, 0.25) is 0 Å². The fraction of sp³-hybridized carbons (Fsp3) is 0.667. The van der Waals surface area contributed by atoms with Crippen molar-refractivity contribution in [3.8, 4) is 0 Å². The number of nitrogens with one attached hydrogen (secondary N) is 1. The molecule has 0 saturated carbocycles. The molecule has 0 atom stereocenters. The highest BCUT2D eigenvalue weighted by Crippen LogP contribution is 2.22. The predicted molar refractivity (Wildman–Crippen MR) is 76.1 cm³/mol. The standard InChI is InChI=1S/C12H22N4S/c1-6-9(7-2)16(4)11-8-10(13-3)14-12(15-11)17-5/h8-9H,6-7H2,1-5H3,(H,13,14,15).